The van der Waals surface area contributed by atoms with Crippen LogP contribution in [0.2, 0.25) is 0 Å². The highest BCUT2D eigenvalue weighted by atomic mass is 16.5. The van der Waals surface area contributed by atoms with E-state index in [1.807, 2.05) is 0 Å². The van der Waals surface area contributed by atoms with E-state index in [1.165, 1.54) is 12.5 Å². The molecule has 0 spiro atoms. The zero-order chi connectivity index (χ0) is 14.8. The number of furan rings is 1. The summed E-state index contributed by atoms with van der Waals surface area (Å²) in [6, 6.07) is 1.67. The SMILES string of the molecule is C[C@@H]1CN(C(C)(C)CNC(=O)c2ccoc2)C[C@@H](C)O1. The maximum Gasteiger partial charge on any atom is 0.254 e. The maximum absolute atomic E-state index is 11.9. The third-order valence-corrected chi connectivity index (χ3v) is 3.74. The smallest absolute Gasteiger partial charge is 0.254 e. The molecular formula is C15H24N2O3. The molecule has 1 aliphatic heterocycles. The van der Waals surface area contributed by atoms with Crippen LogP contribution in [0.3, 0.4) is 0 Å². The lowest BCUT2D eigenvalue weighted by atomic mass is 10.00. The molecule has 112 valence electrons. The van der Waals surface area contributed by atoms with Gasteiger partial charge in [-0.2, -0.15) is 0 Å². The van der Waals surface area contributed by atoms with Crippen LogP contribution in [0.5, 0.6) is 0 Å². The van der Waals surface area contributed by atoms with E-state index in [-0.39, 0.29) is 23.7 Å². The molecular weight excluding hydrogens is 256 g/mol. The number of nitrogens with one attached hydrogen (secondary N) is 1. The molecule has 0 saturated carbocycles. The van der Waals surface area contributed by atoms with Crippen molar-refractivity contribution >= 4 is 5.91 Å². The fourth-order valence-electron chi connectivity index (χ4n) is 2.58. The molecule has 0 bridgehead atoms. The first-order chi connectivity index (χ1) is 9.38. The van der Waals surface area contributed by atoms with Crippen molar-refractivity contribution in [2.45, 2.75) is 45.4 Å². The van der Waals surface area contributed by atoms with Crippen molar-refractivity contribution < 1.29 is 13.9 Å². The lowest BCUT2D eigenvalue weighted by Gasteiger charge is -2.45. The number of nitrogens with zero attached hydrogens (tertiary/aromatic N) is 1. The summed E-state index contributed by atoms with van der Waals surface area (Å²) in [7, 11) is 0. The second-order valence-corrected chi connectivity index (χ2v) is 6.17. The number of morpholine rings is 1. The molecule has 1 fully saturated rings. The average molecular weight is 280 g/mol. The van der Waals surface area contributed by atoms with Gasteiger partial charge >= 0.3 is 0 Å². The number of carbonyl (C=O) groups excluding carboxylic acids is 1. The van der Waals surface area contributed by atoms with Crippen LogP contribution in [0.25, 0.3) is 0 Å². The van der Waals surface area contributed by atoms with E-state index < -0.39 is 0 Å². The fraction of sp³-hybridized carbons (Fsp3) is 0.667. The summed E-state index contributed by atoms with van der Waals surface area (Å²) in [4.78, 5) is 14.3. The minimum Gasteiger partial charge on any atom is -0.472 e. The average Bonchev–Trinajstić information content (AvgIpc) is 2.88. The van der Waals surface area contributed by atoms with E-state index in [2.05, 4.69) is 37.9 Å². The highest BCUT2D eigenvalue weighted by molar-refractivity contribution is 5.93. The predicted octanol–water partition coefficient (Wildman–Crippen LogP) is 1.90. The number of amides is 1. The number of carbonyl (C=O) groups is 1. The standard InChI is InChI=1S/C15H24N2O3/c1-11-7-17(8-12(2)20-11)15(3,4)10-16-14(18)13-5-6-19-9-13/h5-6,9,11-12H,7-8,10H2,1-4H3,(H,16,18)/t11-,12-/m1/s1. The number of ether oxygens (including phenoxy) is 1. The van der Waals surface area contributed by atoms with Gasteiger partial charge in [-0.25, -0.2) is 0 Å². The molecule has 1 saturated heterocycles. The van der Waals surface area contributed by atoms with Crippen LogP contribution in [-0.2, 0) is 4.74 Å². The molecule has 1 amide bonds. The second-order valence-electron chi connectivity index (χ2n) is 6.17. The van der Waals surface area contributed by atoms with Gasteiger partial charge in [0.2, 0.25) is 0 Å². The van der Waals surface area contributed by atoms with Crippen LogP contribution >= 0.6 is 0 Å². The van der Waals surface area contributed by atoms with Crippen LogP contribution in [0, 0.1) is 0 Å². The minimum atomic E-state index is -0.105. The van der Waals surface area contributed by atoms with Gasteiger partial charge in [0.15, 0.2) is 0 Å². The molecule has 2 atom stereocenters. The molecule has 0 aliphatic carbocycles. The number of hydrogen-bond acceptors (Lipinski definition) is 4. The van der Waals surface area contributed by atoms with Crippen LogP contribution in [-0.4, -0.2) is 48.2 Å². The van der Waals surface area contributed by atoms with Gasteiger partial charge in [-0.1, -0.05) is 0 Å². The van der Waals surface area contributed by atoms with Crippen LogP contribution in [0.4, 0.5) is 0 Å². The molecule has 20 heavy (non-hydrogen) atoms. The van der Waals surface area contributed by atoms with Gasteiger partial charge in [0.05, 0.1) is 24.0 Å². The normalized spacial score (nSPS) is 24.6. The Hall–Kier alpha value is -1.33. The largest absolute Gasteiger partial charge is 0.472 e. The molecule has 5 heteroatoms. The van der Waals surface area contributed by atoms with Gasteiger partial charge in [0, 0.05) is 25.2 Å². The lowest BCUT2D eigenvalue weighted by Crippen LogP contribution is -2.58. The molecule has 1 N–H and O–H groups in total. The quantitative estimate of drug-likeness (QED) is 0.915. The predicted molar refractivity (Wildman–Crippen MR) is 76.7 cm³/mol. The van der Waals surface area contributed by atoms with Crippen LogP contribution in [0.1, 0.15) is 38.1 Å². The Morgan fingerprint density at radius 3 is 2.60 bits per heavy atom. The molecule has 0 aromatic carbocycles. The van der Waals surface area contributed by atoms with Gasteiger partial charge < -0.3 is 14.5 Å². The summed E-state index contributed by atoms with van der Waals surface area (Å²) in [5.41, 5.74) is 0.454. The first-order valence-corrected chi connectivity index (χ1v) is 7.09. The van der Waals surface area contributed by atoms with E-state index in [1.54, 1.807) is 6.07 Å². The molecule has 1 aromatic rings. The first kappa shape index (κ1) is 15.1. The van der Waals surface area contributed by atoms with E-state index in [9.17, 15) is 4.79 Å². The summed E-state index contributed by atoms with van der Waals surface area (Å²) in [5.74, 6) is -0.0961. The summed E-state index contributed by atoms with van der Waals surface area (Å²) < 4.78 is 10.7. The summed E-state index contributed by atoms with van der Waals surface area (Å²) in [5, 5.41) is 2.97. The van der Waals surface area contributed by atoms with Crippen molar-refractivity contribution in [3.63, 3.8) is 0 Å². The molecule has 0 radical (unpaired) electrons. The van der Waals surface area contributed by atoms with Gasteiger partial charge in [0.25, 0.3) is 5.91 Å². The monoisotopic (exact) mass is 280 g/mol. The van der Waals surface area contributed by atoms with Gasteiger partial charge in [-0.15, -0.1) is 0 Å². The van der Waals surface area contributed by atoms with E-state index in [0.717, 1.165) is 13.1 Å². The highest BCUT2D eigenvalue weighted by Crippen LogP contribution is 2.20. The Morgan fingerprint density at radius 2 is 2.05 bits per heavy atom. The molecule has 2 rings (SSSR count). The molecule has 5 nitrogen and oxygen atoms in total. The minimum absolute atomic E-state index is 0.0961. The summed E-state index contributed by atoms with van der Waals surface area (Å²) in [6.45, 7) is 10.8. The Morgan fingerprint density at radius 1 is 1.40 bits per heavy atom. The van der Waals surface area contributed by atoms with E-state index in [0.29, 0.717) is 12.1 Å². The van der Waals surface area contributed by atoms with Crippen molar-refractivity contribution in [1.82, 2.24) is 10.2 Å². The Kier molecular flexibility index (Phi) is 4.50. The second kappa shape index (κ2) is 5.97. The van der Waals surface area contributed by atoms with Crippen molar-refractivity contribution in [3.8, 4) is 0 Å². The van der Waals surface area contributed by atoms with Gasteiger partial charge in [-0.05, 0) is 33.8 Å². The maximum atomic E-state index is 11.9. The zero-order valence-electron chi connectivity index (χ0n) is 12.7. The van der Waals surface area contributed by atoms with Crippen molar-refractivity contribution in [3.05, 3.63) is 24.2 Å². The van der Waals surface area contributed by atoms with Crippen LogP contribution in [0.15, 0.2) is 23.0 Å². The third-order valence-electron chi connectivity index (χ3n) is 3.74. The Bertz CT molecular complexity index is 432. The highest BCUT2D eigenvalue weighted by Gasteiger charge is 2.33. The summed E-state index contributed by atoms with van der Waals surface area (Å²) in [6.07, 6.45) is 3.41. The Balaban J connectivity index is 1.91. The number of rotatable bonds is 4. The van der Waals surface area contributed by atoms with Crippen molar-refractivity contribution in [1.29, 1.82) is 0 Å². The fourth-order valence-corrected chi connectivity index (χ4v) is 2.58. The van der Waals surface area contributed by atoms with E-state index >= 15 is 0 Å². The lowest BCUT2D eigenvalue weighted by molar-refractivity contribution is -0.0948. The molecule has 2 heterocycles. The van der Waals surface area contributed by atoms with Crippen molar-refractivity contribution in [2.75, 3.05) is 19.6 Å². The number of hydrogen-bond donors (Lipinski definition) is 1. The summed E-state index contributed by atoms with van der Waals surface area (Å²) >= 11 is 0. The van der Waals surface area contributed by atoms with Gasteiger partial charge in [-0.3, -0.25) is 9.69 Å². The molecule has 0 unspecified atom stereocenters. The zero-order valence-corrected chi connectivity index (χ0v) is 12.7. The molecule has 1 aliphatic rings. The first-order valence-electron chi connectivity index (χ1n) is 7.09. The van der Waals surface area contributed by atoms with Crippen molar-refractivity contribution in [2.24, 2.45) is 0 Å². The Labute approximate surface area is 120 Å². The topological polar surface area (TPSA) is 54.7 Å². The van der Waals surface area contributed by atoms with Crippen LogP contribution < -0.4 is 5.32 Å². The third kappa shape index (κ3) is 3.61. The van der Waals surface area contributed by atoms with E-state index in [4.69, 9.17) is 9.15 Å². The van der Waals surface area contributed by atoms with Gasteiger partial charge in [0.1, 0.15) is 6.26 Å². The molecule has 1 aromatic heterocycles.